The maximum absolute atomic E-state index is 9.47. The average molecular weight is 264 g/mol. The van der Waals surface area contributed by atoms with Crippen molar-refractivity contribution >= 4 is 27.6 Å². The van der Waals surface area contributed by atoms with Crippen LogP contribution in [-0.4, -0.2) is 18.9 Å². The Labute approximate surface area is 117 Å². The number of primary amides is 1. The Kier molecular flexibility index (Phi) is 26.4. The molecule has 5 nitrogen and oxygen atoms in total. The Morgan fingerprint density at radius 1 is 1.33 bits per heavy atom. The summed E-state index contributed by atoms with van der Waals surface area (Å²) < 4.78 is 28.0. The SMILES string of the molecule is C=CC(N)=O.C=CCl.C=CS(=O)(=O)[O-].[Na+]. The predicted octanol–water partition coefficient (Wildman–Crippen LogP) is -2.29. The van der Waals surface area contributed by atoms with Gasteiger partial charge >= 0.3 is 29.6 Å². The Bertz CT molecular complexity index is 278. The van der Waals surface area contributed by atoms with Gasteiger partial charge in [0, 0.05) is 5.41 Å². The molecule has 0 aromatic heterocycles. The fourth-order valence-electron chi connectivity index (χ4n) is 0. The summed E-state index contributed by atoms with van der Waals surface area (Å²) >= 11 is 4.76. The standard InChI is InChI=1S/C3H5NO.C2H3Cl.C2H4O3S.Na/c1-2-3(4)5;1-2-3;1-2-6(3,4)5;/h2H,1H2,(H2,4,5);2H,1H2;2H,1H2,(H,3,4,5);/q;;;+1/p-1. The van der Waals surface area contributed by atoms with Crippen molar-refractivity contribution in [1.29, 1.82) is 0 Å². The van der Waals surface area contributed by atoms with Crippen LogP contribution in [0.25, 0.3) is 0 Å². The van der Waals surface area contributed by atoms with E-state index in [4.69, 9.17) is 11.6 Å². The molecule has 82 valence electrons. The van der Waals surface area contributed by atoms with E-state index in [2.05, 4.69) is 25.5 Å². The molecule has 0 heterocycles. The third-order valence-corrected chi connectivity index (χ3v) is 0.814. The second kappa shape index (κ2) is 16.3. The van der Waals surface area contributed by atoms with Gasteiger partial charge < -0.3 is 10.3 Å². The van der Waals surface area contributed by atoms with Crippen LogP contribution in [0.3, 0.4) is 0 Å². The van der Waals surface area contributed by atoms with Gasteiger partial charge in [0.2, 0.25) is 5.91 Å². The second-order valence-corrected chi connectivity index (χ2v) is 3.05. The molecule has 0 spiro atoms. The molecule has 0 fully saturated rings. The van der Waals surface area contributed by atoms with Gasteiger partial charge in [0.1, 0.15) is 10.1 Å². The maximum atomic E-state index is 9.47. The minimum absolute atomic E-state index is 0. The molecule has 1 amide bonds. The van der Waals surface area contributed by atoms with E-state index in [0.29, 0.717) is 5.41 Å². The molecule has 0 bridgehead atoms. The summed E-state index contributed by atoms with van der Waals surface area (Å²) in [7, 11) is -4.15. The number of carbonyl (C=O) groups excluding carboxylic acids is 1. The molecular formula is C7H11ClNNaO4S. The topological polar surface area (TPSA) is 100 Å². The van der Waals surface area contributed by atoms with Gasteiger partial charge in [0.25, 0.3) is 0 Å². The third kappa shape index (κ3) is 82.1. The molecule has 0 unspecified atom stereocenters. The molecule has 0 saturated heterocycles. The molecule has 2 N–H and O–H groups in total. The quantitative estimate of drug-likeness (QED) is 0.344. The fourth-order valence-corrected chi connectivity index (χ4v) is 0. The van der Waals surface area contributed by atoms with Gasteiger partial charge in [-0.05, 0) is 11.6 Å². The summed E-state index contributed by atoms with van der Waals surface area (Å²) in [5.74, 6) is -0.481. The van der Waals surface area contributed by atoms with E-state index < -0.39 is 16.0 Å². The monoisotopic (exact) mass is 263 g/mol. The van der Waals surface area contributed by atoms with Gasteiger partial charge in [0.05, 0.1) is 0 Å². The zero-order valence-electron chi connectivity index (χ0n) is 8.35. The molecule has 0 radical (unpaired) electrons. The van der Waals surface area contributed by atoms with Crippen molar-refractivity contribution < 1.29 is 47.3 Å². The largest absolute Gasteiger partial charge is 1.00 e. The summed E-state index contributed by atoms with van der Waals surface area (Å²) in [6, 6.07) is 0. The van der Waals surface area contributed by atoms with E-state index in [1.54, 1.807) is 0 Å². The van der Waals surface area contributed by atoms with E-state index in [-0.39, 0.29) is 29.6 Å². The molecule has 0 aromatic rings. The Morgan fingerprint density at radius 3 is 1.47 bits per heavy atom. The summed E-state index contributed by atoms with van der Waals surface area (Å²) in [4.78, 5) is 9.47. The molecular weight excluding hydrogens is 253 g/mol. The average Bonchev–Trinajstić information content (AvgIpc) is 2.06. The number of halogens is 1. The zero-order valence-corrected chi connectivity index (χ0v) is 11.9. The van der Waals surface area contributed by atoms with E-state index in [9.17, 15) is 17.8 Å². The third-order valence-electron chi connectivity index (χ3n) is 0.405. The van der Waals surface area contributed by atoms with Gasteiger partial charge in [-0.25, -0.2) is 8.42 Å². The van der Waals surface area contributed by atoms with Crippen LogP contribution in [0.15, 0.2) is 36.8 Å². The number of hydrogen-bond donors (Lipinski definition) is 1. The maximum Gasteiger partial charge on any atom is 1.00 e. The van der Waals surface area contributed by atoms with E-state index in [0.717, 1.165) is 6.08 Å². The summed E-state index contributed by atoms with van der Waals surface area (Å²) in [6.07, 6.45) is 1.06. The van der Waals surface area contributed by atoms with Crippen molar-refractivity contribution in [2.24, 2.45) is 5.73 Å². The summed E-state index contributed by atoms with van der Waals surface area (Å²) in [6.45, 7) is 8.94. The zero-order chi connectivity index (χ0) is 12.2. The predicted molar refractivity (Wildman–Crippen MR) is 55.3 cm³/mol. The van der Waals surface area contributed by atoms with Gasteiger partial charge in [0.15, 0.2) is 0 Å². The molecule has 0 aromatic carbocycles. The van der Waals surface area contributed by atoms with Crippen LogP contribution < -0.4 is 35.3 Å². The number of rotatable bonds is 2. The van der Waals surface area contributed by atoms with Crippen LogP contribution in [0, 0.1) is 0 Å². The minimum atomic E-state index is -4.15. The van der Waals surface area contributed by atoms with E-state index in [1.807, 2.05) is 0 Å². The first-order valence-electron chi connectivity index (χ1n) is 2.96. The van der Waals surface area contributed by atoms with Crippen molar-refractivity contribution in [3.63, 3.8) is 0 Å². The first-order valence-corrected chi connectivity index (χ1v) is 4.87. The van der Waals surface area contributed by atoms with Crippen LogP contribution in [0.2, 0.25) is 0 Å². The summed E-state index contributed by atoms with van der Waals surface area (Å²) in [5.41, 5.74) is 5.76. The van der Waals surface area contributed by atoms with Gasteiger partial charge in [-0.3, -0.25) is 4.79 Å². The van der Waals surface area contributed by atoms with Crippen LogP contribution in [0.5, 0.6) is 0 Å². The second-order valence-electron chi connectivity index (χ2n) is 1.42. The Morgan fingerprint density at radius 2 is 1.47 bits per heavy atom. The van der Waals surface area contributed by atoms with E-state index >= 15 is 0 Å². The van der Waals surface area contributed by atoms with Crippen LogP contribution in [0.4, 0.5) is 0 Å². The van der Waals surface area contributed by atoms with Crippen molar-refractivity contribution in [2.45, 2.75) is 0 Å². The fraction of sp³-hybridized carbons (Fsp3) is 0. The normalized spacial score (nSPS) is 7.33. The van der Waals surface area contributed by atoms with Crippen molar-refractivity contribution in [3.8, 4) is 0 Å². The molecule has 8 heteroatoms. The molecule has 0 rings (SSSR count). The molecule has 0 atom stereocenters. The van der Waals surface area contributed by atoms with E-state index in [1.165, 1.54) is 5.54 Å². The number of hydrogen-bond acceptors (Lipinski definition) is 4. The molecule has 0 saturated carbocycles. The number of carbonyl (C=O) groups is 1. The Hall–Kier alpha value is -0.110. The van der Waals surface area contributed by atoms with Gasteiger partial charge in [-0.1, -0.05) is 31.3 Å². The smallest absolute Gasteiger partial charge is 0.745 e. The minimum Gasteiger partial charge on any atom is -0.745 e. The van der Waals surface area contributed by atoms with Crippen molar-refractivity contribution in [1.82, 2.24) is 0 Å². The van der Waals surface area contributed by atoms with Crippen LogP contribution in [0.1, 0.15) is 0 Å². The first-order chi connectivity index (χ1) is 6.24. The van der Waals surface area contributed by atoms with Gasteiger partial charge in [-0.2, -0.15) is 0 Å². The molecule has 0 aliphatic carbocycles. The Balaban J connectivity index is -0.0000000617. The van der Waals surface area contributed by atoms with Crippen molar-refractivity contribution in [3.05, 3.63) is 36.8 Å². The molecule has 0 aliphatic rings. The molecule has 15 heavy (non-hydrogen) atoms. The van der Waals surface area contributed by atoms with Crippen LogP contribution in [-0.2, 0) is 14.9 Å². The van der Waals surface area contributed by atoms with Crippen molar-refractivity contribution in [2.75, 3.05) is 0 Å². The first kappa shape index (κ1) is 24.2. The van der Waals surface area contributed by atoms with Crippen LogP contribution >= 0.6 is 11.6 Å². The number of amides is 1. The van der Waals surface area contributed by atoms with Gasteiger partial charge in [-0.15, -0.1) is 0 Å². The molecule has 0 aliphatic heterocycles. The number of nitrogens with two attached hydrogens (primary N) is 1. The summed E-state index contributed by atoms with van der Waals surface area (Å²) in [5, 5.41) is 0.354.